The number of para-hydroxylation sites is 2. The molecule has 0 radical (unpaired) electrons. The lowest BCUT2D eigenvalue weighted by molar-refractivity contribution is 0.0902. The molecule has 0 fully saturated rings. The molecule has 1 N–H and O–H groups in total. The summed E-state index contributed by atoms with van der Waals surface area (Å²) in [5, 5.41) is 7.97. The van der Waals surface area contributed by atoms with Crippen LogP contribution in [0.2, 0.25) is 0 Å². The van der Waals surface area contributed by atoms with E-state index in [0.29, 0.717) is 6.61 Å². The predicted molar refractivity (Wildman–Crippen MR) is 90.3 cm³/mol. The lowest BCUT2D eigenvalue weighted by Gasteiger charge is -2.26. The topological polar surface area (TPSA) is 51.6 Å². The maximum Gasteiger partial charge on any atom is 0.161 e. The van der Waals surface area contributed by atoms with Crippen molar-refractivity contribution in [1.29, 1.82) is 0 Å². The number of nitrogens with one attached hydrogen (secondary N) is 1. The lowest BCUT2D eigenvalue weighted by atomic mass is 10.2. The Kier molecular flexibility index (Phi) is 4.43. The second-order valence-electron chi connectivity index (χ2n) is 6.03. The molecule has 0 aliphatic carbocycles. The van der Waals surface area contributed by atoms with Gasteiger partial charge in [0.25, 0.3) is 0 Å². The third-order valence-corrected chi connectivity index (χ3v) is 3.98. The fourth-order valence-electron chi connectivity index (χ4n) is 2.98. The van der Waals surface area contributed by atoms with Crippen LogP contribution in [0, 0.1) is 6.92 Å². The van der Waals surface area contributed by atoms with Crippen molar-refractivity contribution in [1.82, 2.24) is 15.1 Å². The highest BCUT2D eigenvalue weighted by atomic mass is 16.6. The normalized spacial score (nSPS) is 16.4. The molecule has 1 atom stereocenters. The van der Waals surface area contributed by atoms with Gasteiger partial charge in [-0.2, -0.15) is 5.10 Å². The van der Waals surface area contributed by atoms with Gasteiger partial charge in [-0.3, -0.25) is 4.68 Å². The van der Waals surface area contributed by atoms with Crippen molar-refractivity contribution in [2.24, 2.45) is 7.05 Å². The fourth-order valence-corrected chi connectivity index (χ4v) is 2.98. The van der Waals surface area contributed by atoms with Gasteiger partial charge in [0.1, 0.15) is 18.5 Å². The third kappa shape index (κ3) is 3.27. The van der Waals surface area contributed by atoms with Crippen molar-refractivity contribution in [2.45, 2.75) is 19.6 Å². The molecule has 2 heterocycles. The molecule has 6 nitrogen and oxygen atoms in total. The third-order valence-electron chi connectivity index (χ3n) is 3.98. The number of anilines is 1. The highest BCUT2D eigenvalue weighted by molar-refractivity contribution is 5.48. The summed E-state index contributed by atoms with van der Waals surface area (Å²) in [7, 11) is 6.05. The van der Waals surface area contributed by atoms with Gasteiger partial charge in [0.15, 0.2) is 11.5 Å². The van der Waals surface area contributed by atoms with Crippen LogP contribution in [0.5, 0.6) is 11.5 Å². The number of aryl methyl sites for hydroxylation is 2. The Morgan fingerprint density at radius 1 is 1.30 bits per heavy atom. The second-order valence-corrected chi connectivity index (χ2v) is 6.03. The van der Waals surface area contributed by atoms with E-state index in [2.05, 4.69) is 15.3 Å². The minimum atomic E-state index is 0.0182. The molecular formula is C17H24N4O2. The van der Waals surface area contributed by atoms with Crippen molar-refractivity contribution < 1.29 is 9.47 Å². The Bertz CT molecular complexity index is 681. The first-order valence-electron chi connectivity index (χ1n) is 7.85. The van der Waals surface area contributed by atoms with Gasteiger partial charge < -0.3 is 19.7 Å². The van der Waals surface area contributed by atoms with Crippen LogP contribution in [0.15, 0.2) is 24.3 Å². The van der Waals surface area contributed by atoms with Gasteiger partial charge in [-0.15, -0.1) is 0 Å². The van der Waals surface area contributed by atoms with Crippen LogP contribution in [0.25, 0.3) is 0 Å². The molecule has 0 bridgehead atoms. The van der Waals surface area contributed by atoms with Crippen molar-refractivity contribution in [2.75, 3.05) is 32.1 Å². The number of hydrogen-bond acceptors (Lipinski definition) is 5. The number of fused-ring (bicyclic) bond motifs is 1. The molecule has 0 saturated heterocycles. The molecular weight excluding hydrogens is 292 g/mol. The van der Waals surface area contributed by atoms with E-state index in [1.165, 1.54) is 5.56 Å². The van der Waals surface area contributed by atoms with Crippen LogP contribution in [-0.2, 0) is 13.6 Å². The van der Waals surface area contributed by atoms with Gasteiger partial charge in [0.05, 0.1) is 5.69 Å². The second kappa shape index (κ2) is 6.50. The highest BCUT2D eigenvalue weighted by Crippen LogP contribution is 2.30. The molecule has 0 spiro atoms. The molecule has 0 amide bonds. The number of benzene rings is 1. The fraction of sp³-hybridized carbons (Fsp3) is 0.471. The SMILES string of the molecule is Cc1nn(C)c(N(C)C)c1CNCC1COc2ccccc2O1. The van der Waals surface area contributed by atoms with Gasteiger partial charge in [0.2, 0.25) is 0 Å². The summed E-state index contributed by atoms with van der Waals surface area (Å²) in [6.07, 6.45) is 0.0182. The van der Waals surface area contributed by atoms with Crippen molar-refractivity contribution in [3.8, 4) is 11.5 Å². The van der Waals surface area contributed by atoms with E-state index in [9.17, 15) is 0 Å². The van der Waals surface area contributed by atoms with Crippen LogP contribution < -0.4 is 19.7 Å². The Labute approximate surface area is 137 Å². The quantitative estimate of drug-likeness (QED) is 0.910. The minimum Gasteiger partial charge on any atom is -0.486 e. The van der Waals surface area contributed by atoms with E-state index >= 15 is 0 Å². The number of hydrogen-bond donors (Lipinski definition) is 1. The summed E-state index contributed by atoms with van der Waals surface area (Å²) in [6, 6.07) is 7.79. The molecule has 1 aromatic heterocycles. The highest BCUT2D eigenvalue weighted by Gasteiger charge is 2.21. The Morgan fingerprint density at radius 3 is 2.78 bits per heavy atom. The molecule has 3 rings (SSSR count). The van der Waals surface area contributed by atoms with Crippen molar-refractivity contribution in [3.05, 3.63) is 35.5 Å². The summed E-state index contributed by atoms with van der Waals surface area (Å²) in [5.74, 6) is 2.76. The molecule has 1 aliphatic rings. The van der Waals surface area contributed by atoms with Crippen molar-refractivity contribution in [3.63, 3.8) is 0 Å². The van der Waals surface area contributed by atoms with Crippen LogP contribution in [-0.4, -0.2) is 43.1 Å². The van der Waals surface area contributed by atoms with Gasteiger partial charge in [-0.25, -0.2) is 0 Å². The summed E-state index contributed by atoms with van der Waals surface area (Å²) >= 11 is 0. The number of nitrogens with zero attached hydrogens (tertiary/aromatic N) is 3. The molecule has 124 valence electrons. The average Bonchev–Trinajstić information content (AvgIpc) is 2.81. The molecule has 1 unspecified atom stereocenters. The van der Waals surface area contributed by atoms with E-state index < -0.39 is 0 Å². The number of rotatable bonds is 5. The zero-order valence-electron chi connectivity index (χ0n) is 14.2. The first kappa shape index (κ1) is 15.7. The largest absolute Gasteiger partial charge is 0.486 e. The van der Waals surface area contributed by atoms with E-state index in [1.54, 1.807) is 0 Å². The maximum absolute atomic E-state index is 5.96. The van der Waals surface area contributed by atoms with E-state index in [1.807, 2.05) is 57.0 Å². The van der Waals surface area contributed by atoms with Gasteiger partial charge in [-0.1, -0.05) is 12.1 Å². The van der Waals surface area contributed by atoms with E-state index in [4.69, 9.17) is 9.47 Å². The van der Waals surface area contributed by atoms with Crippen molar-refractivity contribution >= 4 is 5.82 Å². The summed E-state index contributed by atoms with van der Waals surface area (Å²) in [6.45, 7) is 4.10. The van der Waals surface area contributed by atoms with Gasteiger partial charge in [-0.05, 0) is 19.1 Å². The number of aromatic nitrogens is 2. The summed E-state index contributed by atoms with van der Waals surface area (Å²) in [5.41, 5.74) is 2.27. The average molecular weight is 316 g/mol. The first-order valence-corrected chi connectivity index (χ1v) is 7.85. The molecule has 0 saturated carbocycles. The molecule has 23 heavy (non-hydrogen) atoms. The summed E-state index contributed by atoms with van der Waals surface area (Å²) < 4.78 is 13.6. The van der Waals surface area contributed by atoms with Gasteiger partial charge in [0, 0.05) is 39.8 Å². The predicted octanol–water partition coefficient (Wildman–Crippen LogP) is 1.72. The smallest absolute Gasteiger partial charge is 0.161 e. The van der Waals surface area contributed by atoms with E-state index in [-0.39, 0.29) is 6.10 Å². The van der Waals surface area contributed by atoms with Crippen LogP contribution >= 0.6 is 0 Å². The minimum absolute atomic E-state index is 0.0182. The monoisotopic (exact) mass is 316 g/mol. The maximum atomic E-state index is 5.96. The Morgan fingerprint density at radius 2 is 2.04 bits per heavy atom. The lowest BCUT2D eigenvalue weighted by Crippen LogP contribution is -2.38. The van der Waals surface area contributed by atoms with Gasteiger partial charge >= 0.3 is 0 Å². The summed E-state index contributed by atoms with van der Waals surface area (Å²) in [4.78, 5) is 2.09. The van der Waals surface area contributed by atoms with E-state index in [0.717, 1.165) is 36.1 Å². The number of ether oxygens (including phenoxy) is 2. The Hall–Kier alpha value is -2.21. The molecule has 2 aromatic rings. The Balaban J connectivity index is 1.59. The zero-order valence-corrected chi connectivity index (χ0v) is 14.2. The molecule has 1 aromatic carbocycles. The molecule has 6 heteroatoms. The van der Waals surface area contributed by atoms with Crippen LogP contribution in [0.3, 0.4) is 0 Å². The standard InChI is InChI=1S/C17H24N4O2/c1-12-14(17(20(2)3)21(4)19-12)10-18-9-13-11-22-15-7-5-6-8-16(15)23-13/h5-8,13,18H,9-11H2,1-4H3. The molecule has 1 aliphatic heterocycles. The zero-order chi connectivity index (χ0) is 16.4. The first-order chi connectivity index (χ1) is 11.1. The van der Waals surface area contributed by atoms with Crippen LogP contribution in [0.4, 0.5) is 5.82 Å². The van der Waals surface area contributed by atoms with Crippen LogP contribution in [0.1, 0.15) is 11.3 Å².